The fourth-order valence-electron chi connectivity index (χ4n) is 1.92. The van der Waals surface area contributed by atoms with Crippen LogP contribution in [0.15, 0.2) is 42.3 Å². The predicted molar refractivity (Wildman–Crippen MR) is 53.2 cm³/mol. The number of nitrogens with zero attached hydrogens (tertiary/aromatic N) is 1. The van der Waals surface area contributed by atoms with Crippen molar-refractivity contribution in [3.8, 4) is 0 Å². The van der Waals surface area contributed by atoms with Crippen LogP contribution < -0.4 is 10.4 Å². The summed E-state index contributed by atoms with van der Waals surface area (Å²) in [6.07, 6.45) is 13.6. The Morgan fingerprint density at radius 3 is 3.31 bits per heavy atom. The lowest BCUT2D eigenvalue weighted by Gasteiger charge is -2.12. The standard InChI is InChI=1S/C12H9N/c1-2-9-6-10(3-1)12-4-5-13-8-11(12)7-9/h1-5,7-8H,6H2. The fourth-order valence-corrected chi connectivity index (χ4v) is 1.92. The second-order valence-electron chi connectivity index (χ2n) is 3.41. The molecule has 0 fully saturated rings. The molecule has 2 aliphatic rings. The van der Waals surface area contributed by atoms with E-state index in [2.05, 4.69) is 35.4 Å². The summed E-state index contributed by atoms with van der Waals surface area (Å²) in [5.41, 5.74) is 2.80. The lowest BCUT2D eigenvalue weighted by atomic mass is 9.93. The van der Waals surface area contributed by atoms with Crippen LogP contribution in [0, 0.1) is 0 Å². The lowest BCUT2D eigenvalue weighted by Crippen LogP contribution is -2.30. The fraction of sp³-hybridized carbons (Fsp3) is 0.0833. The summed E-state index contributed by atoms with van der Waals surface area (Å²) in [7, 11) is 0. The van der Waals surface area contributed by atoms with Gasteiger partial charge in [-0.1, -0.05) is 18.2 Å². The van der Waals surface area contributed by atoms with E-state index in [1.807, 2.05) is 12.4 Å². The van der Waals surface area contributed by atoms with Crippen molar-refractivity contribution in [3.05, 3.63) is 52.7 Å². The van der Waals surface area contributed by atoms with Crippen molar-refractivity contribution < 1.29 is 0 Å². The molecular weight excluding hydrogens is 158 g/mol. The van der Waals surface area contributed by atoms with Crippen LogP contribution in [0.5, 0.6) is 0 Å². The highest BCUT2D eigenvalue weighted by molar-refractivity contribution is 5.71. The molecule has 1 heterocycles. The van der Waals surface area contributed by atoms with Gasteiger partial charge in [-0.05, 0) is 34.9 Å². The zero-order chi connectivity index (χ0) is 8.67. The maximum atomic E-state index is 4.13. The van der Waals surface area contributed by atoms with Crippen LogP contribution in [0.2, 0.25) is 0 Å². The summed E-state index contributed by atoms with van der Waals surface area (Å²) < 4.78 is 0. The summed E-state index contributed by atoms with van der Waals surface area (Å²) in [6, 6.07) is 2.09. The number of hydrogen-bond donors (Lipinski definition) is 0. The molecule has 1 aromatic rings. The Morgan fingerprint density at radius 1 is 1.31 bits per heavy atom. The third-order valence-electron chi connectivity index (χ3n) is 2.54. The molecule has 0 saturated carbocycles. The van der Waals surface area contributed by atoms with Gasteiger partial charge in [0.15, 0.2) is 0 Å². The average molecular weight is 167 g/mol. The van der Waals surface area contributed by atoms with Gasteiger partial charge in [-0.2, -0.15) is 0 Å². The molecule has 0 atom stereocenters. The Hall–Kier alpha value is -1.63. The van der Waals surface area contributed by atoms with Gasteiger partial charge < -0.3 is 0 Å². The van der Waals surface area contributed by atoms with Crippen molar-refractivity contribution in [2.75, 3.05) is 0 Å². The van der Waals surface area contributed by atoms with Gasteiger partial charge in [0.2, 0.25) is 0 Å². The molecule has 62 valence electrons. The first-order valence-electron chi connectivity index (χ1n) is 4.46. The van der Waals surface area contributed by atoms with Crippen molar-refractivity contribution in [2.24, 2.45) is 0 Å². The second kappa shape index (κ2) is 2.43. The van der Waals surface area contributed by atoms with Crippen LogP contribution in [0.3, 0.4) is 0 Å². The summed E-state index contributed by atoms with van der Waals surface area (Å²) >= 11 is 0. The van der Waals surface area contributed by atoms with Gasteiger partial charge in [0.25, 0.3) is 0 Å². The first-order chi connectivity index (χ1) is 6.43. The molecule has 1 heteroatoms. The predicted octanol–water partition coefficient (Wildman–Crippen LogP) is 0.913. The van der Waals surface area contributed by atoms with E-state index in [0.717, 1.165) is 6.42 Å². The third kappa shape index (κ3) is 0.970. The minimum atomic E-state index is 1.08. The smallest absolute Gasteiger partial charge is 0.0346 e. The van der Waals surface area contributed by atoms with Gasteiger partial charge in [0.1, 0.15) is 0 Å². The largest absolute Gasteiger partial charge is 0.264 e. The minimum Gasteiger partial charge on any atom is -0.264 e. The van der Waals surface area contributed by atoms with Crippen LogP contribution in [0.25, 0.3) is 11.6 Å². The van der Waals surface area contributed by atoms with Crippen LogP contribution >= 0.6 is 0 Å². The maximum Gasteiger partial charge on any atom is 0.0346 e. The van der Waals surface area contributed by atoms with Gasteiger partial charge in [-0.25, -0.2) is 0 Å². The van der Waals surface area contributed by atoms with E-state index in [1.54, 1.807) is 0 Å². The van der Waals surface area contributed by atoms with E-state index in [9.17, 15) is 0 Å². The molecule has 0 amide bonds. The van der Waals surface area contributed by atoms with Gasteiger partial charge in [0, 0.05) is 17.6 Å². The van der Waals surface area contributed by atoms with E-state index in [0.29, 0.717) is 0 Å². The number of pyridine rings is 1. The highest BCUT2D eigenvalue weighted by Gasteiger charge is 2.07. The Kier molecular flexibility index (Phi) is 1.28. The number of hydrogen-bond acceptors (Lipinski definition) is 1. The van der Waals surface area contributed by atoms with E-state index in [-0.39, 0.29) is 0 Å². The molecule has 2 aliphatic carbocycles. The van der Waals surface area contributed by atoms with Crippen LogP contribution in [0.4, 0.5) is 0 Å². The molecule has 1 nitrogen and oxygen atoms in total. The zero-order valence-electron chi connectivity index (χ0n) is 7.20. The van der Waals surface area contributed by atoms with Gasteiger partial charge >= 0.3 is 0 Å². The highest BCUT2D eigenvalue weighted by atomic mass is 14.6. The molecular formula is C12H9N. The lowest BCUT2D eigenvalue weighted by molar-refractivity contribution is 1.20. The molecule has 0 aliphatic heterocycles. The molecule has 0 spiro atoms. The maximum absolute atomic E-state index is 4.13. The van der Waals surface area contributed by atoms with Gasteiger partial charge in [-0.15, -0.1) is 0 Å². The van der Waals surface area contributed by atoms with Crippen molar-refractivity contribution >= 4 is 11.6 Å². The number of fused-ring (bicyclic) bond motifs is 3. The Bertz CT molecular complexity index is 532. The molecule has 0 aromatic carbocycles. The molecule has 0 unspecified atom stereocenters. The van der Waals surface area contributed by atoms with Gasteiger partial charge in [-0.3, -0.25) is 4.98 Å². The molecule has 3 rings (SSSR count). The molecule has 13 heavy (non-hydrogen) atoms. The van der Waals surface area contributed by atoms with E-state index in [1.165, 1.54) is 21.6 Å². The Morgan fingerprint density at radius 2 is 2.31 bits per heavy atom. The Labute approximate surface area is 76.4 Å². The van der Waals surface area contributed by atoms with Crippen LogP contribution in [-0.2, 0) is 0 Å². The quantitative estimate of drug-likeness (QED) is 0.559. The number of allylic oxidation sites excluding steroid dienone is 4. The summed E-state index contributed by atoms with van der Waals surface area (Å²) in [6.45, 7) is 0. The summed E-state index contributed by atoms with van der Waals surface area (Å²) in [4.78, 5) is 4.13. The third-order valence-corrected chi connectivity index (χ3v) is 2.54. The SMILES string of the molecule is C1=CC2=c3ccncc3=CC(=C1)C2. The minimum absolute atomic E-state index is 1.08. The molecule has 0 N–H and O–H groups in total. The van der Waals surface area contributed by atoms with Crippen LogP contribution in [0.1, 0.15) is 6.42 Å². The number of aromatic nitrogens is 1. The van der Waals surface area contributed by atoms with Gasteiger partial charge in [0.05, 0.1) is 0 Å². The van der Waals surface area contributed by atoms with Crippen molar-refractivity contribution in [1.29, 1.82) is 0 Å². The number of rotatable bonds is 0. The van der Waals surface area contributed by atoms with E-state index >= 15 is 0 Å². The highest BCUT2D eigenvalue weighted by Crippen LogP contribution is 2.19. The van der Waals surface area contributed by atoms with Crippen molar-refractivity contribution in [3.63, 3.8) is 0 Å². The van der Waals surface area contributed by atoms with Crippen LogP contribution in [-0.4, -0.2) is 4.98 Å². The normalized spacial score (nSPS) is 17.5. The topological polar surface area (TPSA) is 12.9 Å². The summed E-state index contributed by atoms with van der Waals surface area (Å²) in [5.74, 6) is 0. The average Bonchev–Trinajstić information content (AvgIpc) is 2.18. The van der Waals surface area contributed by atoms with Crippen molar-refractivity contribution in [2.45, 2.75) is 6.42 Å². The Balaban J connectivity index is 2.54. The second-order valence-corrected chi connectivity index (χ2v) is 3.41. The molecule has 0 saturated heterocycles. The first-order valence-corrected chi connectivity index (χ1v) is 4.46. The van der Waals surface area contributed by atoms with Crippen molar-refractivity contribution in [1.82, 2.24) is 4.98 Å². The van der Waals surface area contributed by atoms with E-state index in [4.69, 9.17) is 0 Å². The monoisotopic (exact) mass is 167 g/mol. The molecule has 1 aromatic heterocycles. The zero-order valence-corrected chi connectivity index (χ0v) is 7.20. The molecule has 0 radical (unpaired) electrons. The first kappa shape index (κ1) is 6.84. The summed E-state index contributed by atoms with van der Waals surface area (Å²) in [5, 5.41) is 2.59. The molecule has 2 bridgehead atoms. The van der Waals surface area contributed by atoms with E-state index < -0.39 is 0 Å².